The number of carbonyl (C=O) groups excluding carboxylic acids is 1. The Hall–Kier alpha value is -2.61. The summed E-state index contributed by atoms with van der Waals surface area (Å²) in [6, 6.07) is 18.7. The second kappa shape index (κ2) is 4.99. The summed E-state index contributed by atoms with van der Waals surface area (Å²) in [6.07, 6.45) is 3.96. The van der Waals surface area contributed by atoms with Crippen molar-refractivity contribution < 1.29 is 4.79 Å². The molecule has 1 aliphatic carbocycles. The Morgan fingerprint density at radius 1 is 1.05 bits per heavy atom. The summed E-state index contributed by atoms with van der Waals surface area (Å²) in [7, 11) is 2.11. The van der Waals surface area contributed by atoms with Gasteiger partial charge in [0.15, 0.2) is 0 Å². The second-order valence-corrected chi connectivity index (χ2v) is 5.87. The maximum Gasteiger partial charge on any atom is 0.146 e. The van der Waals surface area contributed by atoms with Gasteiger partial charge in [0.1, 0.15) is 6.29 Å². The van der Waals surface area contributed by atoms with E-state index in [1.807, 2.05) is 18.2 Å². The minimum atomic E-state index is 0.147. The highest BCUT2D eigenvalue weighted by molar-refractivity contribution is 5.97. The van der Waals surface area contributed by atoms with E-state index in [1.54, 1.807) is 0 Å². The van der Waals surface area contributed by atoms with E-state index in [-0.39, 0.29) is 5.92 Å². The molecule has 0 unspecified atom stereocenters. The second-order valence-electron chi connectivity index (χ2n) is 5.87. The van der Waals surface area contributed by atoms with Crippen LogP contribution in [0.5, 0.6) is 0 Å². The normalized spacial score (nSPS) is 17.1. The number of rotatable bonds is 2. The highest BCUT2D eigenvalue weighted by atomic mass is 16.1. The van der Waals surface area contributed by atoms with Gasteiger partial charge in [-0.3, -0.25) is 4.79 Å². The van der Waals surface area contributed by atoms with Crippen LogP contribution >= 0.6 is 0 Å². The fourth-order valence-corrected chi connectivity index (χ4v) is 3.57. The van der Waals surface area contributed by atoms with E-state index in [0.29, 0.717) is 0 Å². The molecule has 4 rings (SSSR count). The van der Waals surface area contributed by atoms with Gasteiger partial charge in [-0.25, -0.2) is 0 Å². The first-order valence-corrected chi connectivity index (χ1v) is 7.57. The highest BCUT2D eigenvalue weighted by Crippen LogP contribution is 2.38. The van der Waals surface area contributed by atoms with E-state index < -0.39 is 0 Å². The zero-order valence-corrected chi connectivity index (χ0v) is 12.5. The molecule has 1 atom stereocenters. The number of hydrogen-bond acceptors (Lipinski definition) is 1. The molecule has 0 fully saturated rings. The molecule has 0 saturated carbocycles. The summed E-state index contributed by atoms with van der Waals surface area (Å²) < 4.78 is 2.26. The molecule has 0 saturated heterocycles. The molecule has 22 heavy (non-hydrogen) atoms. The molecule has 2 heteroatoms. The van der Waals surface area contributed by atoms with Crippen LogP contribution < -0.4 is 0 Å². The summed E-state index contributed by atoms with van der Waals surface area (Å²) >= 11 is 0. The monoisotopic (exact) mass is 287 g/mol. The molecule has 2 aromatic carbocycles. The van der Waals surface area contributed by atoms with E-state index in [2.05, 4.69) is 54.1 Å². The smallest absolute Gasteiger partial charge is 0.146 e. The van der Waals surface area contributed by atoms with Gasteiger partial charge >= 0.3 is 0 Å². The number of aldehydes is 1. The van der Waals surface area contributed by atoms with Crippen LogP contribution in [0.4, 0.5) is 0 Å². The van der Waals surface area contributed by atoms with Gasteiger partial charge < -0.3 is 4.57 Å². The number of benzene rings is 2. The van der Waals surface area contributed by atoms with Crippen molar-refractivity contribution in [2.24, 2.45) is 7.05 Å². The van der Waals surface area contributed by atoms with Crippen LogP contribution in [0.2, 0.25) is 0 Å². The Labute approximate surface area is 129 Å². The van der Waals surface area contributed by atoms with Crippen molar-refractivity contribution in [3.63, 3.8) is 0 Å². The van der Waals surface area contributed by atoms with Crippen LogP contribution in [0.1, 0.15) is 22.7 Å². The number of hydrogen-bond donors (Lipinski definition) is 0. The fourth-order valence-electron chi connectivity index (χ4n) is 3.57. The lowest BCUT2D eigenvalue weighted by Gasteiger charge is -2.23. The van der Waals surface area contributed by atoms with Crippen molar-refractivity contribution in [3.05, 3.63) is 77.0 Å². The van der Waals surface area contributed by atoms with E-state index in [0.717, 1.165) is 18.3 Å². The summed E-state index contributed by atoms with van der Waals surface area (Å²) in [6.45, 7) is 0. The van der Waals surface area contributed by atoms with Crippen molar-refractivity contribution in [1.82, 2.24) is 4.57 Å². The van der Waals surface area contributed by atoms with Crippen LogP contribution in [0.15, 0.2) is 60.2 Å². The molecule has 0 bridgehead atoms. The van der Waals surface area contributed by atoms with Gasteiger partial charge in [-0.1, -0.05) is 48.5 Å². The summed E-state index contributed by atoms with van der Waals surface area (Å²) in [5.74, 6) is 0.147. The predicted molar refractivity (Wildman–Crippen MR) is 89.8 cm³/mol. The number of fused-ring (bicyclic) bond motifs is 3. The first kappa shape index (κ1) is 13.1. The van der Waals surface area contributed by atoms with Gasteiger partial charge in [0.05, 0.1) is 0 Å². The number of aryl methyl sites for hydroxylation is 1. The molecular formula is C20H17NO. The maximum absolute atomic E-state index is 11.6. The van der Waals surface area contributed by atoms with Gasteiger partial charge in [0.25, 0.3) is 0 Å². The van der Waals surface area contributed by atoms with Gasteiger partial charge in [-0.05, 0) is 24.1 Å². The topological polar surface area (TPSA) is 22.0 Å². The number of aromatic nitrogens is 1. The van der Waals surface area contributed by atoms with E-state index in [9.17, 15) is 4.79 Å². The molecule has 1 heterocycles. The molecule has 0 spiro atoms. The number of carbonyl (C=O) groups is 1. The van der Waals surface area contributed by atoms with Crippen molar-refractivity contribution >= 4 is 23.3 Å². The molecule has 2 nitrogen and oxygen atoms in total. The van der Waals surface area contributed by atoms with Crippen molar-refractivity contribution in [2.75, 3.05) is 0 Å². The Bertz CT molecular complexity index is 887. The van der Waals surface area contributed by atoms with Gasteiger partial charge in [-0.2, -0.15) is 0 Å². The summed E-state index contributed by atoms with van der Waals surface area (Å²) in [5, 5.41) is 1.23. The van der Waals surface area contributed by atoms with Crippen molar-refractivity contribution in [2.45, 2.75) is 12.3 Å². The van der Waals surface area contributed by atoms with Crippen molar-refractivity contribution in [1.29, 1.82) is 0 Å². The van der Waals surface area contributed by atoms with Crippen molar-refractivity contribution in [3.8, 4) is 0 Å². The van der Waals surface area contributed by atoms with E-state index in [4.69, 9.17) is 0 Å². The first-order chi connectivity index (χ1) is 10.8. The van der Waals surface area contributed by atoms with Gasteiger partial charge in [-0.15, -0.1) is 0 Å². The SMILES string of the molecule is Cn1c2c(c3ccccc31)C=C(C=O)[C@@H](c1ccccc1)C2. The molecule has 0 N–H and O–H groups in total. The number of nitrogens with zero attached hydrogens (tertiary/aromatic N) is 1. The first-order valence-electron chi connectivity index (χ1n) is 7.57. The quantitative estimate of drug-likeness (QED) is 0.650. The van der Waals surface area contributed by atoms with Crippen LogP contribution in [-0.4, -0.2) is 10.9 Å². The highest BCUT2D eigenvalue weighted by Gasteiger charge is 2.26. The average molecular weight is 287 g/mol. The number of para-hydroxylation sites is 1. The largest absolute Gasteiger partial charge is 0.347 e. The molecule has 3 aromatic rings. The minimum absolute atomic E-state index is 0.147. The zero-order valence-electron chi connectivity index (χ0n) is 12.5. The molecule has 1 aromatic heterocycles. The van der Waals surface area contributed by atoms with Crippen LogP contribution in [0.3, 0.4) is 0 Å². The minimum Gasteiger partial charge on any atom is -0.347 e. The average Bonchev–Trinajstić information content (AvgIpc) is 2.87. The molecule has 0 radical (unpaired) electrons. The van der Waals surface area contributed by atoms with Crippen LogP contribution in [0, 0.1) is 0 Å². The Morgan fingerprint density at radius 3 is 2.55 bits per heavy atom. The van der Waals surface area contributed by atoms with E-state index >= 15 is 0 Å². The predicted octanol–water partition coefficient (Wildman–Crippen LogP) is 4.10. The lowest BCUT2D eigenvalue weighted by atomic mass is 9.82. The lowest BCUT2D eigenvalue weighted by molar-refractivity contribution is -0.105. The Kier molecular flexibility index (Phi) is 2.97. The maximum atomic E-state index is 11.6. The van der Waals surface area contributed by atoms with Crippen LogP contribution in [-0.2, 0) is 18.3 Å². The Balaban J connectivity index is 1.93. The lowest BCUT2D eigenvalue weighted by Crippen LogP contribution is -2.14. The molecular weight excluding hydrogens is 270 g/mol. The third-order valence-electron chi connectivity index (χ3n) is 4.72. The van der Waals surface area contributed by atoms with E-state index in [1.165, 1.54) is 27.7 Å². The van der Waals surface area contributed by atoms with Crippen LogP contribution in [0.25, 0.3) is 17.0 Å². The van der Waals surface area contributed by atoms with Gasteiger partial charge in [0.2, 0.25) is 0 Å². The van der Waals surface area contributed by atoms with Gasteiger partial charge in [0, 0.05) is 40.7 Å². The zero-order chi connectivity index (χ0) is 15.1. The standard InChI is InChI=1S/C20H17NO/c1-21-19-10-6-5-9-16(19)18-11-15(13-22)17(12-20(18)21)14-7-3-2-4-8-14/h2-11,13,17H,12H2,1H3/t17-/m1/s1. The molecule has 0 aliphatic heterocycles. The third-order valence-corrected chi connectivity index (χ3v) is 4.72. The Morgan fingerprint density at radius 2 is 1.77 bits per heavy atom. The molecule has 1 aliphatic rings. The molecule has 0 amide bonds. The third kappa shape index (κ3) is 1.84. The summed E-state index contributed by atoms with van der Waals surface area (Å²) in [5.41, 5.74) is 5.81. The number of allylic oxidation sites excluding steroid dienone is 1. The summed E-state index contributed by atoms with van der Waals surface area (Å²) in [4.78, 5) is 11.6. The molecule has 108 valence electrons. The fraction of sp³-hybridized carbons (Fsp3) is 0.150.